The van der Waals surface area contributed by atoms with E-state index in [1.807, 2.05) is 12.1 Å². The lowest BCUT2D eigenvalue weighted by molar-refractivity contribution is 0.223. The smallest absolute Gasteiger partial charge is 0.191 e. The van der Waals surface area contributed by atoms with E-state index in [1.165, 1.54) is 10.4 Å². The number of ether oxygens (including phenoxy) is 1. The van der Waals surface area contributed by atoms with Crippen LogP contribution in [0.25, 0.3) is 0 Å². The predicted molar refractivity (Wildman–Crippen MR) is 111 cm³/mol. The van der Waals surface area contributed by atoms with Gasteiger partial charge >= 0.3 is 0 Å². The highest BCUT2D eigenvalue weighted by Gasteiger charge is 2.02. The van der Waals surface area contributed by atoms with E-state index in [4.69, 9.17) is 4.74 Å². The summed E-state index contributed by atoms with van der Waals surface area (Å²) in [5.74, 6) is 1.72. The number of guanidine groups is 1. The summed E-state index contributed by atoms with van der Waals surface area (Å²) in [5.41, 5.74) is 1.19. The van der Waals surface area contributed by atoms with Crippen LogP contribution in [0, 0.1) is 0 Å². The summed E-state index contributed by atoms with van der Waals surface area (Å²) >= 11 is 1.74. The molecule has 0 amide bonds. The molecular weight excluding hydrogens is 344 g/mol. The van der Waals surface area contributed by atoms with E-state index < -0.39 is 0 Å². The molecule has 0 aliphatic carbocycles. The van der Waals surface area contributed by atoms with Gasteiger partial charge in [0.25, 0.3) is 0 Å². The second kappa shape index (κ2) is 11.5. The topological polar surface area (TPSA) is 48.9 Å². The van der Waals surface area contributed by atoms with Gasteiger partial charge in [-0.05, 0) is 42.2 Å². The molecule has 142 valence electrons. The third-order valence-corrected chi connectivity index (χ3v) is 5.06. The van der Waals surface area contributed by atoms with Crippen LogP contribution in [0.3, 0.4) is 0 Å². The molecule has 0 saturated carbocycles. The average Bonchev–Trinajstić information content (AvgIpc) is 3.20. The van der Waals surface area contributed by atoms with Crippen molar-refractivity contribution >= 4 is 17.3 Å². The molecule has 2 rings (SSSR count). The minimum atomic E-state index is 0.721. The van der Waals surface area contributed by atoms with Crippen LogP contribution in [-0.2, 0) is 13.1 Å². The van der Waals surface area contributed by atoms with Gasteiger partial charge in [-0.2, -0.15) is 0 Å². The fourth-order valence-corrected chi connectivity index (χ4v) is 3.17. The van der Waals surface area contributed by atoms with Crippen LogP contribution in [0.2, 0.25) is 0 Å². The van der Waals surface area contributed by atoms with Crippen molar-refractivity contribution in [2.24, 2.45) is 4.99 Å². The zero-order chi connectivity index (χ0) is 18.6. The average molecular weight is 375 g/mol. The van der Waals surface area contributed by atoms with E-state index in [-0.39, 0.29) is 0 Å². The van der Waals surface area contributed by atoms with Crippen LogP contribution in [0.4, 0.5) is 0 Å². The second-order valence-corrected chi connectivity index (χ2v) is 6.91. The molecule has 1 aromatic heterocycles. The van der Waals surface area contributed by atoms with Gasteiger partial charge in [-0.1, -0.05) is 32.0 Å². The molecule has 0 aliphatic heterocycles. The minimum Gasteiger partial charge on any atom is -0.492 e. The number of hydrogen-bond donors (Lipinski definition) is 2. The van der Waals surface area contributed by atoms with Gasteiger partial charge in [-0.15, -0.1) is 11.3 Å². The number of nitrogens with one attached hydrogen (secondary N) is 2. The molecule has 1 heterocycles. The van der Waals surface area contributed by atoms with Crippen molar-refractivity contribution in [1.82, 2.24) is 15.5 Å². The highest BCUT2D eigenvalue weighted by atomic mass is 32.1. The van der Waals surface area contributed by atoms with Crippen molar-refractivity contribution in [1.29, 1.82) is 0 Å². The Labute approximate surface area is 161 Å². The first-order valence-electron chi connectivity index (χ1n) is 9.16. The van der Waals surface area contributed by atoms with Crippen molar-refractivity contribution < 1.29 is 4.74 Å². The van der Waals surface area contributed by atoms with Crippen LogP contribution >= 0.6 is 11.3 Å². The fourth-order valence-electron chi connectivity index (χ4n) is 2.53. The molecule has 2 N–H and O–H groups in total. The van der Waals surface area contributed by atoms with Crippen LogP contribution < -0.4 is 15.4 Å². The zero-order valence-corrected chi connectivity index (χ0v) is 16.8. The van der Waals surface area contributed by atoms with Gasteiger partial charge in [0, 0.05) is 25.0 Å². The summed E-state index contributed by atoms with van der Waals surface area (Å²) in [5, 5.41) is 8.74. The lowest BCUT2D eigenvalue weighted by atomic mass is 10.2. The van der Waals surface area contributed by atoms with Crippen molar-refractivity contribution in [3.8, 4) is 5.75 Å². The van der Waals surface area contributed by atoms with E-state index in [1.54, 1.807) is 18.4 Å². The van der Waals surface area contributed by atoms with Crippen LogP contribution in [0.5, 0.6) is 5.75 Å². The first-order valence-corrected chi connectivity index (χ1v) is 10.0. The van der Waals surface area contributed by atoms with Crippen molar-refractivity contribution in [3.05, 3.63) is 52.2 Å². The van der Waals surface area contributed by atoms with Gasteiger partial charge in [-0.25, -0.2) is 0 Å². The zero-order valence-electron chi connectivity index (χ0n) is 16.0. The van der Waals surface area contributed by atoms with E-state index in [0.717, 1.165) is 51.0 Å². The molecule has 26 heavy (non-hydrogen) atoms. The maximum absolute atomic E-state index is 5.82. The fraction of sp³-hybridized carbons (Fsp3) is 0.450. The third kappa shape index (κ3) is 7.06. The molecule has 0 aliphatic rings. The van der Waals surface area contributed by atoms with Gasteiger partial charge in [0.15, 0.2) is 5.96 Å². The van der Waals surface area contributed by atoms with Gasteiger partial charge in [0.1, 0.15) is 12.4 Å². The largest absolute Gasteiger partial charge is 0.492 e. The highest BCUT2D eigenvalue weighted by molar-refractivity contribution is 7.09. The standard InChI is InChI=1S/C20H30N4OS/c1-4-24(5-2)12-13-25-18-10-8-17(9-11-18)15-22-20(21-3)23-16-19-7-6-14-26-19/h6-11,14H,4-5,12-13,15-16H2,1-3H3,(H2,21,22,23). The number of likely N-dealkylation sites (N-methyl/N-ethyl adjacent to an activating group) is 1. The number of hydrogen-bond acceptors (Lipinski definition) is 4. The molecule has 0 saturated heterocycles. The maximum Gasteiger partial charge on any atom is 0.191 e. The third-order valence-electron chi connectivity index (χ3n) is 4.19. The highest BCUT2D eigenvalue weighted by Crippen LogP contribution is 2.12. The lowest BCUT2D eigenvalue weighted by Gasteiger charge is -2.18. The van der Waals surface area contributed by atoms with Crippen LogP contribution in [0.1, 0.15) is 24.3 Å². The molecular formula is C20H30N4OS. The quantitative estimate of drug-likeness (QED) is 0.495. The van der Waals surface area contributed by atoms with Gasteiger partial charge in [0.2, 0.25) is 0 Å². The number of thiophene rings is 1. The number of rotatable bonds is 10. The van der Waals surface area contributed by atoms with Crippen LogP contribution in [-0.4, -0.2) is 44.1 Å². The Morgan fingerprint density at radius 3 is 2.42 bits per heavy atom. The molecule has 2 aromatic rings. The Balaban J connectivity index is 1.72. The Morgan fingerprint density at radius 2 is 1.81 bits per heavy atom. The Bertz CT molecular complexity index is 636. The number of benzene rings is 1. The van der Waals surface area contributed by atoms with E-state index >= 15 is 0 Å². The Kier molecular flexibility index (Phi) is 9.00. The molecule has 6 heteroatoms. The second-order valence-electron chi connectivity index (χ2n) is 5.88. The maximum atomic E-state index is 5.82. The molecule has 0 unspecified atom stereocenters. The minimum absolute atomic E-state index is 0.721. The predicted octanol–water partition coefficient (Wildman–Crippen LogP) is 3.33. The summed E-state index contributed by atoms with van der Waals surface area (Å²) in [6.45, 7) is 9.67. The van der Waals surface area contributed by atoms with Crippen molar-refractivity contribution in [3.63, 3.8) is 0 Å². The van der Waals surface area contributed by atoms with Gasteiger partial charge in [-0.3, -0.25) is 4.99 Å². The Hall–Kier alpha value is -2.05. The monoisotopic (exact) mass is 374 g/mol. The summed E-state index contributed by atoms with van der Waals surface area (Å²) in [6, 6.07) is 12.4. The van der Waals surface area contributed by atoms with Crippen LogP contribution in [0.15, 0.2) is 46.8 Å². The number of aliphatic imine (C=N–C) groups is 1. The molecule has 5 nitrogen and oxygen atoms in total. The van der Waals surface area contributed by atoms with E-state index in [0.29, 0.717) is 0 Å². The summed E-state index contributed by atoms with van der Waals surface area (Å²) < 4.78 is 5.82. The van der Waals surface area contributed by atoms with E-state index in [2.05, 4.69) is 64.0 Å². The van der Waals surface area contributed by atoms with Gasteiger partial charge in [0.05, 0.1) is 6.54 Å². The molecule has 0 radical (unpaired) electrons. The van der Waals surface area contributed by atoms with Crippen molar-refractivity contribution in [2.75, 3.05) is 33.3 Å². The molecule has 0 fully saturated rings. The molecule has 0 atom stereocenters. The molecule has 1 aromatic carbocycles. The molecule has 0 bridgehead atoms. The molecule has 0 spiro atoms. The SMILES string of the molecule is CCN(CC)CCOc1ccc(CNC(=NC)NCc2cccs2)cc1. The summed E-state index contributed by atoms with van der Waals surface area (Å²) in [7, 11) is 1.79. The Morgan fingerprint density at radius 1 is 1.08 bits per heavy atom. The van der Waals surface area contributed by atoms with E-state index in [9.17, 15) is 0 Å². The lowest BCUT2D eigenvalue weighted by Crippen LogP contribution is -2.36. The first kappa shape index (κ1) is 20.3. The normalized spacial score (nSPS) is 11.6. The first-order chi connectivity index (χ1) is 12.7. The number of nitrogens with zero attached hydrogens (tertiary/aromatic N) is 2. The summed E-state index contributed by atoms with van der Waals surface area (Å²) in [6.07, 6.45) is 0. The van der Waals surface area contributed by atoms with Gasteiger partial charge < -0.3 is 20.3 Å². The van der Waals surface area contributed by atoms with Crippen molar-refractivity contribution in [2.45, 2.75) is 26.9 Å². The summed E-state index contributed by atoms with van der Waals surface area (Å²) in [4.78, 5) is 7.91.